The second-order valence-electron chi connectivity index (χ2n) is 4.49. The number of hydrogen-bond donors (Lipinski definition) is 2. The third-order valence-corrected chi connectivity index (χ3v) is 3.16. The zero-order valence-corrected chi connectivity index (χ0v) is 11.7. The van der Waals surface area contributed by atoms with Crippen molar-refractivity contribution >= 4 is 18.3 Å². The Hall–Kier alpha value is -1.10. The van der Waals surface area contributed by atoms with Crippen molar-refractivity contribution in [1.82, 2.24) is 5.32 Å². The minimum absolute atomic E-state index is 0. The van der Waals surface area contributed by atoms with Crippen molar-refractivity contribution < 1.29 is 9.53 Å². The van der Waals surface area contributed by atoms with Crippen LogP contribution in [0.5, 0.6) is 0 Å². The van der Waals surface area contributed by atoms with Crippen molar-refractivity contribution in [2.24, 2.45) is 5.73 Å². The molecule has 0 saturated carbocycles. The van der Waals surface area contributed by atoms with Crippen LogP contribution in [0.1, 0.15) is 30.1 Å². The number of benzene rings is 1. The molecule has 1 heterocycles. The van der Waals surface area contributed by atoms with Crippen LogP contribution >= 0.6 is 12.4 Å². The van der Waals surface area contributed by atoms with Crippen LogP contribution in [0.2, 0.25) is 0 Å². The van der Waals surface area contributed by atoms with Gasteiger partial charge in [0.2, 0.25) is 0 Å². The zero-order valence-electron chi connectivity index (χ0n) is 10.9. The summed E-state index contributed by atoms with van der Waals surface area (Å²) in [5.41, 5.74) is 7.63. The molecule has 0 aromatic heterocycles. The van der Waals surface area contributed by atoms with Gasteiger partial charge in [0.1, 0.15) is 0 Å². The first-order chi connectivity index (χ1) is 8.83. The Morgan fingerprint density at radius 3 is 2.95 bits per heavy atom. The third kappa shape index (κ3) is 4.20. The number of carbonyl (C=O) groups excluding carboxylic acids is 1. The summed E-state index contributed by atoms with van der Waals surface area (Å²) in [5.74, 6) is -0.0424. The minimum atomic E-state index is -0.451. The van der Waals surface area contributed by atoms with E-state index in [9.17, 15) is 4.79 Å². The predicted octanol–water partition coefficient (Wildman–Crippen LogP) is 1.58. The molecular weight excluding hydrogens is 264 g/mol. The maximum absolute atomic E-state index is 12.1. The van der Waals surface area contributed by atoms with Crippen molar-refractivity contribution in [1.29, 1.82) is 0 Å². The van der Waals surface area contributed by atoms with Crippen molar-refractivity contribution in [3.63, 3.8) is 0 Å². The van der Waals surface area contributed by atoms with Crippen LogP contribution in [-0.4, -0.2) is 25.6 Å². The number of ether oxygens (including phenoxy) is 1. The van der Waals surface area contributed by atoms with Crippen molar-refractivity contribution in [2.75, 3.05) is 19.7 Å². The maximum atomic E-state index is 12.1. The lowest BCUT2D eigenvalue weighted by atomic mass is 9.97. The molecule has 1 aromatic rings. The Kier molecular flexibility index (Phi) is 6.84. The highest BCUT2D eigenvalue weighted by Crippen LogP contribution is 2.26. The molecule has 1 aliphatic heterocycles. The van der Waals surface area contributed by atoms with Crippen molar-refractivity contribution in [3.05, 3.63) is 35.4 Å². The first kappa shape index (κ1) is 16.0. The van der Waals surface area contributed by atoms with E-state index < -0.39 is 6.10 Å². The fourth-order valence-electron chi connectivity index (χ4n) is 2.18. The van der Waals surface area contributed by atoms with Gasteiger partial charge in [-0.25, -0.2) is 0 Å². The van der Waals surface area contributed by atoms with Crippen LogP contribution < -0.4 is 11.1 Å². The fraction of sp³-hybridized carbons (Fsp3) is 0.500. The molecule has 0 saturated heterocycles. The summed E-state index contributed by atoms with van der Waals surface area (Å²) in [7, 11) is 0. The highest BCUT2D eigenvalue weighted by Gasteiger charge is 2.26. The van der Waals surface area contributed by atoms with E-state index in [1.165, 1.54) is 5.56 Å². The van der Waals surface area contributed by atoms with Crippen molar-refractivity contribution in [2.45, 2.75) is 25.4 Å². The third-order valence-electron chi connectivity index (χ3n) is 3.16. The van der Waals surface area contributed by atoms with E-state index in [4.69, 9.17) is 10.5 Å². The van der Waals surface area contributed by atoms with E-state index in [1.54, 1.807) is 0 Å². The minimum Gasteiger partial charge on any atom is -0.363 e. The van der Waals surface area contributed by atoms with Gasteiger partial charge in [-0.1, -0.05) is 24.3 Å². The summed E-state index contributed by atoms with van der Waals surface area (Å²) in [6.07, 6.45) is 2.28. The molecular formula is C14H21ClN2O2. The number of fused-ring (bicyclic) bond motifs is 1. The SMILES string of the molecule is Cl.NCCCCNC(=O)C1OCCc2ccccc21. The van der Waals surface area contributed by atoms with Crippen LogP contribution in [0, 0.1) is 0 Å². The van der Waals surface area contributed by atoms with Gasteiger partial charge in [0.05, 0.1) is 6.61 Å². The zero-order chi connectivity index (χ0) is 12.8. The van der Waals surface area contributed by atoms with E-state index >= 15 is 0 Å². The number of unbranched alkanes of at least 4 members (excludes halogenated alkanes) is 1. The molecule has 1 amide bonds. The first-order valence-corrected chi connectivity index (χ1v) is 6.50. The summed E-state index contributed by atoms with van der Waals surface area (Å²) >= 11 is 0. The van der Waals surface area contributed by atoms with Gasteiger partial charge in [-0.15, -0.1) is 12.4 Å². The Labute approximate surface area is 120 Å². The van der Waals surface area contributed by atoms with E-state index in [-0.39, 0.29) is 18.3 Å². The lowest BCUT2D eigenvalue weighted by Crippen LogP contribution is -2.34. The number of carbonyl (C=O) groups is 1. The fourth-order valence-corrected chi connectivity index (χ4v) is 2.18. The predicted molar refractivity (Wildman–Crippen MR) is 77.4 cm³/mol. The summed E-state index contributed by atoms with van der Waals surface area (Å²) in [6, 6.07) is 7.98. The average molecular weight is 285 g/mol. The van der Waals surface area contributed by atoms with Gasteiger partial charge in [-0.3, -0.25) is 4.79 Å². The normalized spacial score (nSPS) is 17.2. The molecule has 2 rings (SSSR count). The Bertz CT molecular complexity index is 412. The Morgan fingerprint density at radius 2 is 2.16 bits per heavy atom. The summed E-state index contributed by atoms with van der Waals surface area (Å²) in [4.78, 5) is 12.1. The van der Waals surface area contributed by atoms with E-state index in [2.05, 4.69) is 11.4 Å². The summed E-state index contributed by atoms with van der Waals surface area (Å²) in [6.45, 7) is 1.94. The summed E-state index contributed by atoms with van der Waals surface area (Å²) in [5, 5.41) is 2.91. The second-order valence-corrected chi connectivity index (χ2v) is 4.49. The van der Waals surface area contributed by atoms with Crippen LogP contribution in [0.25, 0.3) is 0 Å². The number of nitrogens with one attached hydrogen (secondary N) is 1. The number of hydrogen-bond acceptors (Lipinski definition) is 3. The largest absolute Gasteiger partial charge is 0.363 e. The van der Waals surface area contributed by atoms with Gasteiger partial charge < -0.3 is 15.8 Å². The molecule has 19 heavy (non-hydrogen) atoms. The molecule has 4 nitrogen and oxygen atoms in total. The van der Waals surface area contributed by atoms with Crippen LogP contribution in [0.4, 0.5) is 0 Å². The Morgan fingerprint density at radius 1 is 1.37 bits per heavy atom. The van der Waals surface area contributed by atoms with E-state index in [0.29, 0.717) is 19.7 Å². The van der Waals surface area contributed by atoms with Crippen LogP contribution in [0.15, 0.2) is 24.3 Å². The molecule has 1 aliphatic rings. The van der Waals surface area contributed by atoms with Gasteiger partial charge in [-0.2, -0.15) is 0 Å². The smallest absolute Gasteiger partial charge is 0.253 e. The monoisotopic (exact) mass is 284 g/mol. The maximum Gasteiger partial charge on any atom is 0.253 e. The number of nitrogens with two attached hydrogens (primary N) is 1. The highest BCUT2D eigenvalue weighted by molar-refractivity contribution is 5.85. The molecule has 0 aliphatic carbocycles. The first-order valence-electron chi connectivity index (χ1n) is 6.50. The number of halogens is 1. The average Bonchev–Trinajstić information content (AvgIpc) is 2.43. The second kappa shape index (κ2) is 8.15. The summed E-state index contributed by atoms with van der Waals surface area (Å²) < 4.78 is 5.59. The molecule has 1 atom stereocenters. The number of amides is 1. The lowest BCUT2D eigenvalue weighted by Gasteiger charge is -2.25. The van der Waals surface area contributed by atoms with Gasteiger partial charge >= 0.3 is 0 Å². The van der Waals surface area contributed by atoms with Gasteiger partial charge in [-0.05, 0) is 36.9 Å². The molecule has 3 N–H and O–H groups in total. The van der Waals surface area contributed by atoms with Gasteiger partial charge in [0, 0.05) is 6.54 Å². The molecule has 106 valence electrons. The quantitative estimate of drug-likeness (QED) is 0.807. The van der Waals surface area contributed by atoms with Gasteiger partial charge in [0.25, 0.3) is 5.91 Å². The molecule has 0 bridgehead atoms. The standard InChI is InChI=1S/C14H20N2O2.ClH/c15-8-3-4-9-16-14(17)13-12-6-2-1-5-11(12)7-10-18-13;/h1-2,5-6,13H,3-4,7-10,15H2,(H,16,17);1H. The highest BCUT2D eigenvalue weighted by atomic mass is 35.5. The molecule has 5 heteroatoms. The lowest BCUT2D eigenvalue weighted by molar-refractivity contribution is -0.134. The molecule has 0 fully saturated rings. The van der Waals surface area contributed by atoms with Crippen LogP contribution in [0.3, 0.4) is 0 Å². The molecule has 0 spiro atoms. The van der Waals surface area contributed by atoms with Crippen molar-refractivity contribution in [3.8, 4) is 0 Å². The molecule has 1 aromatic carbocycles. The number of rotatable bonds is 5. The van der Waals surface area contributed by atoms with Crippen LogP contribution in [-0.2, 0) is 16.0 Å². The molecule has 0 radical (unpaired) electrons. The van der Waals surface area contributed by atoms with Gasteiger partial charge in [0.15, 0.2) is 6.10 Å². The topological polar surface area (TPSA) is 64.3 Å². The molecule has 1 unspecified atom stereocenters. The van der Waals surface area contributed by atoms with E-state index in [1.807, 2.05) is 18.2 Å². The Balaban J connectivity index is 0.00000180. The van der Waals surface area contributed by atoms with E-state index in [0.717, 1.165) is 24.8 Å².